The maximum absolute atomic E-state index is 12.4. The number of nitrogens with one attached hydrogen (secondary N) is 3. The molecule has 0 atom stereocenters. The first kappa shape index (κ1) is 25.0. The summed E-state index contributed by atoms with van der Waals surface area (Å²) in [6, 6.07) is 9.96. The number of imidazole rings is 1. The number of urea groups is 1. The predicted molar refractivity (Wildman–Crippen MR) is 138 cm³/mol. The maximum Gasteiger partial charge on any atom is 0.319 e. The number of aromatic nitrogens is 4. The number of hydrogen-bond donors (Lipinski definition) is 3. The molecule has 0 spiro atoms. The smallest absolute Gasteiger partial charge is 0.319 e. The van der Waals surface area contributed by atoms with Crippen LogP contribution in [0.3, 0.4) is 0 Å². The number of hydrogen-bond acceptors (Lipinski definition) is 6. The summed E-state index contributed by atoms with van der Waals surface area (Å²) in [6.07, 6.45) is 7.43. The molecule has 1 aromatic carbocycles. The van der Waals surface area contributed by atoms with Gasteiger partial charge in [-0.3, -0.25) is 0 Å². The van der Waals surface area contributed by atoms with Crippen LogP contribution >= 0.6 is 0 Å². The van der Waals surface area contributed by atoms with Crippen LogP contribution in [0.15, 0.2) is 43.0 Å². The second-order valence-corrected chi connectivity index (χ2v) is 8.42. The highest BCUT2D eigenvalue weighted by Crippen LogP contribution is 2.28. The molecule has 9 heteroatoms. The molecule has 9 nitrogen and oxygen atoms in total. The Morgan fingerprint density at radius 3 is 2.56 bits per heavy atom. The van der Waals surface area contributed by atoms with E-state index in [0.29, 0.717) is 30.4 Å². The van der Waals surface area contributed by atoms with E-state index in [2.05, 4.69) is 61.4 Å². The Hall–Kier alpha value is -3.62. The summed E-state index contributed by atoms with van der Waals surface area (Å²) in [5.41, 5.74) is 3.85. The number of aryl methyl sites for hydroxylation is 1. The van der Waals surface area contributed by atoms with Crippen molar-refractivity contribution in [3.05, 3.63) is 48.7 Å². The van der Waals surface area contributed by atoms with E-state index < -0.39 is 0 Å². The molecular weight excluding hydrogens is 428 g/mol. The fourth-order valence-corrected chi connectivity index (χ4v) is 3.70. The highest BCUT2D eigenvalue weighted by atomic mass is 16.2. The van der Waals surface area contributed by atoms with Gasteiger partial charge in [0, 0.05) is 45.0 Å². The van der Waals surface area contributed by atoms with E-state index in [9.17, 15) is 4.79 Å². The van der Waals surface area contributed by atoms with Gasteiger partial charge in [-0.1, -0.05) is 50.1 Å². The minimum Gasteiger partial charge on any atom is -0.368 e. The van der Waals surface area contributed by atoms with Gasteiger partial charge in [-0.2, -0.15) is 0 Å². The van der Waals surface area contributed by atoms with E-state index in [0.717, 1.165) is 49.2 Å². The fraction of sp³-hybridized carbons (Fsp3) is 0.440. The first-order chi connectivity index (χ1) is 16.5. The van der Waals surface area contributed by atoms with Crippen molar-refractivity contribution in [3.8, 4) is 11.3 Å². The normalized spacial score (nSPS) is 10.7. The van der Waals surface area contributed by atoms with Gasteiger partial charge in [0.15, 0.2) is 11.6 Å². The van der Waals surface area contributed by atoms with Crippen molar-refractivity contribution >= 4 is 23.4 Å². The Balaban J connectivity index is 1.60. The average Bonchev–Trinajstić information content (AvgIpc) is 3.21. The molecule has 34 heavy (non-hydrogen) atoms. The zero-order valence-corrected chi connectivity index (χ0v) is 20.6. The maximum atomic E-state index is 12.4. The SMILES string of the molecule is CCCCCNC(=O)Nc1c(NCCCn2cnc(-c3ccccc3)c2C)ncnc1N(C)C. The lowest BCUT2D eigenvalue weighted by Gasteiger charge is -2.19. The lowest BCUT2D eigenvalue weighted by atomic mass is 10.1. The number of carbonyl (C=O) groups excluding carboxylic acids is 1. The molecule has 0 fully saturated rings. The molecule has 3 aromatic rings. The summed E-state index contributed by atoms with van der Waals surface area (Å²) in [7, 11) is 3.78. The van der Waals surface area contributed by atoms with Crippen molar-refractivity contribution in [1.82, 2.24) is 24.8 Å². The van der Waals surface area contributed by atoms with E-state index in [1.54, 1.807) is 0 Å². The Bertz CT molecular complexity index is 1050. The molecule has 2 amide bonds. The second kappa shape index (κ2) is 12.6. The molecule has 0 aliphatic heterocycles. The van der Waals surface area contributed by atoms with Gasteiger partial charge in [0.1, 0.15) is 12.0 Å². The van der Waals surface area contributed by atoms with Gasteiger partial charge in [-0.15, -0.1) is 0 Å². The lowest BCUT2D eigenvalue weighted by molar-refractivity contribution is 0.252. The predicted octanol–water partition coefficient (Wildman–Crippen LogP) is 4.53. The summed E-state index contributed by atoms with van der Waals surface area (Å²) >= 11 is 0. The number of amides is 2. The highest BCUT2D eigenvalue weighted by Gasteiger charge is 2.16. The fourth-order valence-electron chi connectivity index (χ4n) is 3.70. The molecule has 0 radical (unpaired) electrons. The molecule has 0 saturated carbocycles. The summed E-state index contributed by atoms with van der Waals surface area (Å²) in [4.78, 5) is 27.6. The van der Waals surface area contributed by atoms with Crippen molar-refractivity contribution in [1.29, 1.82) is 0 Å². The molecule has 0 aliphatic rings. The van der Waals surface area contributed by atoms with Gasteiger partial charge in [0.2, 0.25) is 0 Å². The monoisotopic (exact) mass is 464 g/mol. The van der Waals surface area contributed by atoms with Gasteiger partial charge in [0.25, 0.3) is 0 Å². The molecule has 0 unspecified atom stereocenters. The number of carbonyl (C=O) groups is 1. The first-order valence-corrected chi connectivity index (χ1v) is 11.9. The zero-order valence-electron chi connectivity index (χ0n) is 20.6. The molecule has 0 bridgehead atoms. The third-order valence-electron chi connectivity index (χ3n) is 5.57. The van der Waals surface area contributed by atoms with Gasteiger partial charge < -0.3 is 25.4 Å². The van der Waals surface area contributed by atoms with Crippen molar-refractivity contribution in [2.75, 3.05) is 42.7 Å². The minimum atomic E-state index is -0.250. The largest absolute Gasteiger partial charge is 0.368 e. The molecule has 182 valence electrons. The Labute approximate surface area is 202 Å². The molecule has 0 saturated heterocycles. The quantitative estimate of drug-likeness (QED) is 0.341. The second-order valence-electron chi connectivity index (χ2n) is 8.42. The molecule has 3 N–H and O–H groups in total. The minimum absolute atomic E-state index is 0.250. The topological polar surface area (TPSA) is 100 Å². The van der Waals surface area contributed by atoms with E-state index in [-0.39, 0.29) is 6.03 Å². The van der Waals surface area contributed by atoms with Gasteiger partial charge in [-0.05, 0) is 19.8 Å². The average molecular weight is 465 g/mol. The van der Waals surface area contributed by atoms with Crippen LogP contribution in [0.4, 0.5) is 22.1 Å². The van der Waals surface area contributed by atoms with E-state index in [4.69, 9.17) is 0 Å². The van der Waals surface area contributed by atoms with E-state index in [1.807, 2.05) is 43.5 Å². The van der Waals surface area contributed by atoms with Crippen LogP contribution in [0.2, 0.25) is 0 Å². The van der Waals surface area contributed by atoms with Crippen LogP contribution in [-0.2, 0) is 6.54 Å². The summed E-state index contributed by atoms with van der Waals surface area (Å²) < 4.78 is 2.16. The van der Waals surface area contributed by atoms with Crippen LogP contribution < -0.4 is 20.9 Å². The highest BCUT2D eigenvalue weighted by molar-refractivity contribution is 5.96. The molecular formula is C25H36N8O. The van der Waals surface area contributed by atoms with Crippen LogP contribution in [-0.4, -0.2) is 52.7 Å². The van der Waals surface area contributed by atoms with Gasteiger partial charge in [-0.25, -0.2) is 19.7 Å². The summed E-state index contributed by atoms with van der Waals surface area (Å²) in [5, 5.41) is 9.20. The van der Waals surface area contributed by atoms with Crippen molar-refractivity contribution in [3.63, 3.8) is 0 Å². The Morgan fingerprint density at radius 2 is 1.82 bits per heavy atom. The molecule has 2 heterocycles. The van der Waals surface area contributed by atoms with Crippen molar-refractivity contribution in [2.24, 2.45) is 0 Å². The zero-order chi connectivity index (χ0) is 24.3. The number of unbranched alkanes of at least 4 members (excludes halogenated alkanes) is 2. The van der Waals surface area contributed by atoms with Crippen molar-refractivity contribution < 1.29 is 4.79 Å². The number of anilines is 3. The number of benzene rings is 1. The van der Waals surface area contributed by atoms with Crippen LogP contribution in [0.5, 0.6) is 0 Å². The lowest BCUT2D eigenvalue weighted by Crippen LogP contribution is -2.31. The summed E-state index contributed by atoms with van der Waals surface area (Å²) in [6.45, 7) is 6.39. The first-order valence-electron chi connectivity index (χ1n) is 11.9. The van der Waals surface area contributed by atoms with E-state index >= 15 is 0 Å². The standard InChI is InChI=1S/C25H36N8O/c1-5-6-10-14-27-25(34)31-22-23(28-17-29-24(22)32(3)4)26-15-11-16-33-18-30-21(19(33)2)20-12-8-7-9-13-20/h7-9,12-13,17-18H,5-6,10-11,14-16H2,1-4H3,(H,26,28,29)(H2,27,31,34). The van der Waals surface area contributed by atoms with Crippen molar-refractivity contribution in [2.45, 2.75) is 46.1 Å². The molecule has 2 aromatic heterocycles. The number of nitrogens with zero attached hydrogens (tertiary/aromatic N) is 5. The third-order valence-corrected chi connectivity index (χ3v) is 5.57. The Kier molecular flexibility index (Phi) is 9.25. The van der Waals surface area contributed by atoms with Crippen LogP contribution in [0, 0.1) is 6.92 Å². The third kappa shape index (κ3) is 6.69. The summed E-state index contributed by atoms with van der Waals surface area (Å²) in [5.74, 6) is 1.26. The molecule has 3 rings (SSSR count). The van der Waals surface area contributed by atoms with Crippen LogP contribution in [0.1, 0.15) is 38.3 Å². The molecule has 0 aliphatic carbocycles. The number of rotatable bonds is 12. The van der Waals surface area contributed by atoms with E-state index in [1.165, 1.54) is 6.33 Å². The van der Waals surface area contributed by atoms with Gasteiger partial charge in [0.05, 0.1) is 12.0 Å². The Morgan fingerprint density at radius 1 is 1.03 bits per heavy atom. The van der Waals surface area contributed by atoms with Gasteiger partial charge >= 0.3 is 6.03 Å². The van der Waals surface area contributed by atoms with Crippen LogP contribution in [0.25, 0.3) is 11.3 Å².